The summed E-state index contributed by atoms with van der Waals surface area (Å²) >= 11 is 0. The Labute approximate surface area is 155 Å². The van der Waals surface area contributed by atoms with Gasteiger partial charge in [-0.2, -0.15) is 0 Å². The van der Waals surface area contributed by atoms with Gasteiger partial charge in [-0.25, -0.2) is 0 Å². The zero-order chi connectivity index (χ0) is 18.4. The summed E-state index contributed by atoms with van der Waals surface area (Å²) in [6.07, 6.45) is 4.50. The van der Waals surface area contributed by atoms with Crippen LogP contribution in [0.2, 0.25) is 0 Å². The van der Waals surface area contributed by atoms with Gasteiger partial charge < -0.3 is 14.7 Å². The molecule has 1 fully saturated rings. The predicted octanol–water partition coefficient (Wildman–Crippen LogP) is 3.53. The zero-order valence-corrected chi connectivity index (χ0v) is 15.3. The van der Waals surface area contributed by atoms with E-state index in [-0.39, 0.29) is 12.4 Å². The number of nitrogens with zero attached hydrogens (tertiary/aromatic N) is 1. The molecule has 1 N–H and O–H groups in total. The number of likely N-dealkylation sites (N-methyl/N-ethyl adjacent to an activating group) is 1. The van der Waals surface area contributed by atoms with E-state index in [1.54, 1.807) is 24.3 Å². The van der Waals surface area contributed by atoms with E-state index in [0.717, 1.165) is 0 Å². The molecule has 0 aliphatic heterocycles. The first-order chi connectivity index (χ1) is 12.6. The van der Waals surface area contributed by atoms with E-state index in [1.807, 2.05) is 30.3 Å². The van der Waals surface area contributed by atoms with Crippen LogP contribution in [-0.2, 0) is 0 Å². The quantitative estimate of drug-likeness (QED) is 0.738. The topological polar surface area (TPSA) is 49.8 Å². The Balaban J connectivity index is 1.49. The highest BCUT2D eigenvalue weighted by Crippen LogP contribution is 2.22. The van der Waals surface area contributed by atoms with Crippen LogP contribution in [0.3, 0.4) is 0 Å². The largest absolute Gasteiger partial charge is 0.491 e. The summed E-state index contributed by atoms with van der Waals surface area (Å²) in [5.41, 5.74) is 1.30. The molecule has 4 nitrogen and oxygen atoms in total. The van der Waals surface area contributed by atoms with E-state index < -0.39 is 6.10 Å². The lowest BCUT2D eigenvalue weighted by Crippen LogP contribution is -2.38. The zero-order valence-electron chi connectivity index (χ0n) is 15.3. The predicted molar refractivity (Wildman–Crippen MR) is 103 cm³/mol. The van der Waals surface area contributed by atoms with Gasteiger partial charge in [-0.1, -0.05) is 43.2 Å². The van der Waals surface area contributed by atoms with Crippen LogP contribution in [0.1, 0.15) is 41.6 Å². The Morgan fingerprint density at radius 1 is 1.08 bits per heavy atom. The van der Waals surface area contributed by atoms with Gasteiger partial charge in [0, 0.05) is 23.7 Å². The summed E-state index contributed by atoms with van der Waals surface area (Å²) in [7, 11) is 2.07. The number of hydrogen-bond acceptors (Lipinski definition) is 4. The van der Waals surface area contributed by atoms with E-state index in [4.69, 9.17) is 4.74 Å². The molecule has 1 saturated carbocycles. The normalized spacial score (nSPS) is 16.0. The van der Waals surface area contributed by atoms with Crippen LogP contribution in [0.25, 0.3) is 0 Å². The fourth-order valence-corrected chi connectivity index (χ4v) is 3.53. The van der Waals surface area contributed by atoms with Crippen LogP contribution < -0.4 is 4.74 Å². The second kappa shape index (κ2) is 8.97. The Morgan fingerprint density at radius 2 is 1.69 bits per heavy atom. The van der Waals surface area contributed by atoms with Crippen molar-refractivity contribution in [2.24, 2.45) is 0 Å². The van der Waals surface area contributed by atoms with E-state index in [2.05, 4.69) is 11.9 Å². The summed E-state index contributed by atoms with van der Waals surface area (Å²) in [6, 6.07) is 16.9. The highest BCUT2D eigenvalue weighted by Gasteiger charge is 2.21. The van der Waals surface area contributed by atoms with E-state index in [9.17, 15) is 9.90 Å². The van der Waals surface area contributed by atoms with Crippen molar-refractivity contribution in [3.63, 3.8) is 0 Å². The Bertz CT molecular complexity index is 693. The number of carbonyl (C=O) groups is 1. The van der Waals surface area contributed by atoms with E-state index in [0.29, 0.717) is 29.5 Å². The summed E-state index contributed by atoms with van der Waals surface area (Å²) in [6.45, 7) is 0.873. The third-order valence-corrected chi connectivity index (χ3v) is 5.04. The Kier molecular flexibility index (Phi) is 6.42. The Morgan fingerprint density at radius 3 is 2.35 bits per heavy atom. The van der Waals surface area contributed by atoms with Crippen LogP contribution in [0.5, 0.6) is 5.75 Å². The van der Waals surface area contributed by atoms with Gasteiger partial charge in [-0.15, -0.1) is 0 Å². The molecular weight excluding hydrogens is 326 g/mol. The van der Waals surface area contributed by atoms with Gasteiger partial charge in [-0.3, -0.25) is 4.79 Å². The molecule has 2 aromatic rings. The molecule has 0 saturated heterocycles. The third kappa shape index (κ3) is 4.93. The minimum absolute atomic E-state index is 0.00428. The standard InChI is InChI=1S/C22H27NO3/c1-23(19-9-5-6-10-19)15-20(24)16-26-21-13-11-18(12-14-21)22(25)17-7-3-2-4-8-17/h2-4,7-8,11-14,19-20,24H,5-6,9-10,15-16H2,1H3/t20-/m0/s1. The molecule has 138 valence electrons. The summed E-state index contributed by atoms with van der Waals surface area (Å²) < 4.78 is 5.68. The van der Waals surface area contributed by atoms with Gasteiger partial charge in [0.05, 0.1) is 0 Å². The molecule has 2 aromatic carbocycles. The SMILES string of the molecule is CN(C[C@H](O)COc1ccc(C(=O)c2ccccc2)cc1)C1CCCC1. The number of aliphatic hydroxyl groups is 1. The maximum Gasteiger partial charge on any atom is 0.193 e. The van der Waals surface area contributed by atoms with Crippen molar-refractivity contribution in [2.75, 3.05) is 20.2 Å². The molecule has 1 aliphatic carbocycles. The summed E-state index contributed by atoms with van der Waals surface area (Å²) in [5, 5.41) is 10.2. The maximum absolute atomic E-state index is 12.4. The lowest BCUT2D eigenvalue weighted by Gasteiger charge is -2.26. The van der Waals surface area contributed by atoms with Crippen molar-refractivity contribution in [3.8, 4) is 5.75 Å². The average Bonchev–Trinajstić information content (AvgIpc) is 3.22. The molecular formula is C22H27NO3. The second-order valence-electron chi connectivity index (χ2n) is 7.06. The third-order valence-electron chi connectivity index (χ3n) is 5.04. The Hall–Kier alpha value is -2.17. The van der Waals surface area contributed by atoms with Crippen molar-refractivity contribution in [1.29, 1.82) is 0 Å². The molecule has 0 amide bonds. The number of ketones is 1. The molecule has 0 aromatic heterocycles. The summed E-state index contributed by atoms with van der Waals surface area (Å²) in [5.74, 6) is 0.660. The first kappa shape index (κ1) is 18.6. The van der Waals surface area contributed by atoms with Gasteiger partial charge >= 0.3 is 0 Å². The molecule has 0 unspecified atom stereocenters. The van der Waals surface area contributed by atoms with Crippen molar-refractivity contribution < 1.29 is 14.6 Å². The van der Waals surface area contributed by atoms with E-state index >= 15 is 0 Å². The minimum Gasteiger partial charge on any atom is -0.491 e. The highest BCUT2D eigenvalue weighted by atomic mass is 16.5. The van der Waals surface area contributed by atoms with Crippen molar-refractivity contribution >= 4 is 5.78 Å². The van der Waals surface area contributed by atoms with E-state index in [1.165, 1.54) is 25.7 Å². The van der Waals surface area contributed by atoms with Crippen molar-refractivity contribution in [3.05, 3.63) is 65.7 Å². The van der Waals surface area contributed by atoms with Crippen LogP contribution >= 0.6 is 0 Å². The highest BCUT2D eigenvalue weighted by molar-refractivity contribution is 6.08. The molecule has 3 rings (SSSR count). The fourth-order valence-electron chi connectivity index (χ4n) is 3.53. The molecule has 0 radical (unpaired) electrons. The van der Waals surface area contributed by atoms with Gasteiger partial charge in [0.25, 0.3) is 0 Å². The molecule has 0 heterocycles. The minimum atomic E-state index is -0.522. The molecule has 1 atom stereocenters. The van der Waals surface area contributed by atoms with Gasteiger partial charge in [0.1, 0.15) is 18.5 Å². The first-order valence-corrected chi connectivity index (χ1v) is 9.34. The molecule has 26 heavy (non-hydrogen) atoms. The van der Waals surface area contributed by atoms with Crippen LogP contribution in [0, 0.1) is 0 Å². The lowest BCUT2D eigenvalue weighted by atomic mass is 10.0. The smallest absolute Gasteiger partial charge is 0.193 e. The van der Waals surface area contributed by atoms with Crippen molar-refractivity contribution in [1.82, 2.24) is 4.90 Å². The lowest BCUT2D eigenvalue weighted by molar-refractivity contribution is 0.0638. The van der Waals surface area contributed by atoms with Gasteiger partial charge in [-0.05, 0) is 44.2 Å². The van der Waals surface area contributed by atoms with Crippen LogP contribution in [-0.4, -0.2) is 48.1 Å². The number of carbonyl (C=O) groups excluding carboxylic acids is 1. The monoisotopic (exact) mass is 353 g/mol. The molecule has 0 bridgehead atoms. The molecule has 1 aliphatic rings. The van der Waals surface area contributed by atoms with Crippen LogP contribution in [0.4, 0.5) is 0 Å². The number of ether oxygens (including phenoxy) is 1. The number of rotatable bonds is 8. The first-order valence-electron chi connectivity index (χ1n) is 9.34. The van der Waals surface area contributed by atoms with Gasteiger partial charge in [0.15, 0.2) is 5.78 Å². The van der Waals surface area contributed by atoms with Crippen LogP contribution in [0.15, 0.2) is 54.6 Å². The number of benzene rings is 2. The average molecular weight is 353 g/mol. The second-order valence-corrected chi connectivity index (χ2v) is 7.06. The number of aliphatic hydroxyl groups excluding tert-OH is 1. The fraction of sp³-hybridized carbons (Fsp3) is 0.409. The summed E-state index contributed by atoms with van der Waals surface area (Å²) in [4.78, 5) is 14.6. The molecule has 4 heteroatoms. The van der Waals surface area contributed by atoms with Crippen molar-refractivity contribution in [2.45, 2.75) is 37.8 Å². The molecule has 0 spiro atoms. The maximum atomic E-state index is 12.4. The number of hydrogen-bond donors (Lipinski definition) is 1. The van der Waals surface area contributed by atoms with Gasteiger partial charge in [0.2, 0.25) is 0 Å².